The number of hydrogen-bond acceptors (Lipinski definition) is 5. The number of rotatable bonds is 4. The van der Waals surface area contributed by atoms with Gasteiger partial charge in [0.2, 0.25) is 5.95 Å². The van der Waals surface area contributed by atoms with Gasteiger partial charge in [0.1, 0.15) is 5.82 Å². The summed E-state index contributed by atoms with van der Waals surface area (Å²) < 4.78 is 0.931. The zero-order valence-electron chi connectivity index (χ0n) is 11.4. The number of aromatic nitrogens is 2. The summed E-state index contributed by atoms with van der Waals surface area (Å²) in [5.41, 5.74) is 2.51. The Labute approximate surface area is 123 Å². The van der Waals surface area contributed by atoms with E-state index in [2.05, 4.69) is 43.1 Å². The maximum absolute atomic E-state index is 5.38. The van der Waals surface area contributed by atoms with Crippen molar-refractivity contribution >= 4 is 27.7 Å². The summed E-state index contributed by atoms with van der Waals surface area (Å²) in [6.45, 7) is 4.38. The van der Waals surface area contributed by atoms with Crippen LogP contribution in [0.2, 0.25) is 0 Å². The minimum atomic E-state index is 0.465. The highest BCUT2D eigenvalue weighted by Gasteiger charge is 2.19. The van der Waals surface area contributed by atoms with Gasteiger partial charge in [-0.05, 0) is 41.1 Å². The summed E-state index contributed by atoms with van der Waals surface area (Å²) in [4.78, 5) is 10.9. The van der Waals surface area contributed by atoms with Crippen LogP contribution in [0.1, 0.15) is 39.0 Å². The first-order chi connectivity index (χ1) is 9.24. The molecule has 0 radical (unpaired) electrons. The third-order valence-electron chi connectivity index (χ3n) is 3.70. The highest BCUT2D eigenvalue weighted by atomic mass is 79.9. The zero-order valence-corrected chi connectivity index (χ0v) is 13.0. The highest BCUT2D eigenvalue weighted by molar-refractivity contribution is 9.10. The summed E-state index contributed by atoms with van der Waals surface area (Å²) in [6.07, 6.45) is 8.18. The molecule has 1 aliphatic heterocycles. The second-order valence-electron chi connectivity index (χ2n) is 5.08. The van der Waals surface area contributed by atoms with Gasteiger partial charge in [-0.15, -0.1) is 0 Å². The monoisotopic (exact) mass is 327 g/mol. The van der Waals surface area contributed by atoms with Crippen LogP contribution < -0.4 is 16.2 Å². The molecule has 19 heavy (non-hydrogen) atoms. The molecule has 1 saturated heterocycles. The maximum atomic E-state index is 5.38. The lowest BCUT2D eigenvalue weighted by atomic mass is 9.96. The van der Waals surface area contributed by atoms with Crippen LogP contribution in [0, 0.1) is 5.92 Å². The van der Waals surface area contributed by atoms with Crippen molar-refractivity contribution in [2.24, 2.45) is 11.8 Å². The third-order valence-corrected chi connectivity index (χ3v) is 4.26. The fourth-order valence-electron chi connectivity index (χ4n) is 2.72. The topological polar surface area (TPSA) is 67.1 Å². The number of nitrogens with two attached hydrogens (primary N) is 1. The first-order valence-corrected chi connectivity index (χ1v) is 7.78. The Morgan fingerprint density at radius 1 is 1.47 bits per heavy atom. The largest absolute Gasteiger partial charge is 0.356 e. The minimum Gasteiger partial charge on any atom is -0.356 e. The van der Waals surface area contributed by atoms with Crippen LogP contribution in [0.5, 0.6) is 0 Å². The summed E-state index contributed by atoms with van der Waals surface area (Å²) in [5.74, 6) is 7.66. The number of nitrogens with zero attached hydrogens (tertiary/aromatic N) is 3. The average molecular weight is 328 g/mol. The Bertz CT molecular complexity index is 412. The average Bonchev–Trinajstić information content (AvgIpc) is 2.65. The number of nitrogens with one attached hydrogen (secondary N) is 1. The molecule has 0 aliphatic carbocycles. The van der Waals surface area contributed by atoms with Gasteiger partial charge < -0.3 is 4.90 Å². The summed E-state index contributed by atoms with van der Waals surface area (Å²) >= 11 is 3.53. The van der Waals surface area contributed by atoms with E-state index in [1.54, 1.807) is 6.20 Å². The normalized spacial score (nSPS) is 20.2. The molecule has 1 atom stereocenters. The van der Waals surface area contributed by atoms with Crippen molar-refractivity contribution in [1.29, 1.82) is 0 Å². The number of hydrazine groups is 1. The van der Waals surface area contributed by atoms with Gasteiger partial charge in [0.05, 0.1) is 4.47 Å². The van der Waals surface area contributed by atoms with Crippen LogP contribution in [-0.2, 0) is 0 Å². The summed E-state index contributed by atoms with van der Waals surface area (Å²) in [6, 6.07) is 0. The highest BCUT2D eigenvalue weighted by Crippen LogP contribution is 2.29. The van der Waals surface area contributed by atoms with E-state index in [1.165, 1.54) is 32.1 Å². The van der Waals surface area contributed by atoms with E-state index in [0.29, 0.717) is 5.95 Å². The third kappa shape index (κ3) is 3.79. The van der Waals surface area contributed by atoms with E-state index in [1.807, 2.05) is 0 Å². The SMILES string of the molecule is CCCC1CCCN(c2nc(NN)ncc2Br)CC1. The van der Waals surface area contributed by atoms with Crippen LogP contribution in [-0.4, -0.2) is 23.1 Å². The van der Waals surface area contributed by atoms with Crippen molar-refractivity contribution in [1.82, 2.24) is 9.97 Å². The summed E-state index contributed by atoms with van der Waals surface area (Å²) in [7, 11) is 0. The second-order valence-corrected chi connectivity index (χ2v) is 5.94. The van der Waals surface area contributed by atoms with E-state index >= 15 is 0 Å². The Kier molecular flexibility index (Phi) is 5.39. The van der Waals surface area contributed by atoms with Crippen molar-refractivity contribution < 1.29 is 0 Å². The quantitative estimate of drug-likeness (QED) is 0.657. The van der Waals surface area contributed by atoms with Gasteiger partial charge in [-0.1, -0.05) is 19.8 Å². The standard InChI is InChI=1S/C13H22BrN5/c1-2-4-10-5-3-7-19(8-6-10)12-11(14)9-16-13(17-12)18-15/h9-10H,2-8,15H2,1H3,(H,16,17,18). The Hall–Kier alpha value is -0.880. The molecule has 1 unspecified atom stereocenters. The molecule has 0 amide bonds. The van der Waals surface area contributed by atoms with Crippen LogP contribution >= 0.6 is 15.9 Å². The van der Waals surface area contributed by atoms with E-state index in [4.69, 9.17) is 5.84 Å². The molecule has 1 fully saturated rings. The number of anilines is 2. The van der Waals surface area contributed by atoms with Crippen LogP contribution in [0.4, 0.5) is 11.8 Å². The van der Waals surface area contributed by atoms with Gasteiger partial charge in [-0.2, -0.15) is 4.98 Å². The smallest absolute Gasteiger partial charge is 0.239 e. The van der Waals surface area contributed by atoms with Crippen LogP contribution in [0.15, 0.2) is 10.7 Å². The van der Waals surface area contributed by atoms with Crippen molar-refractivity contribution in [2.45, 2.75) is 39.0 Å². The molecule has 0 aromatic carbocycles. The van der Waals surface area contributed by atoms with Gasteiger partial charge in [0.15, 0.2) is 0 Å². The Morgan fingerprint density at radius 3 is 3.05 bits per heavy atom. The van der Waals surface area contributed by atoms with Crippen molar-refractivity contribution in [2.75, 3.05) is 23.4 Å². The molecule has 0 spiro atoms. The number of nitrogen functional groups attached to an aromatic ring is 1. The molecule has 1 aliphatic rings. The fraction of sp³-hybridized carbons (Fsp3) is 0.692. The van der Waals surface area contributed by atoms with Gasteiger partial charge in [-0.3, -0.25) is 5.43 Å². The van der Waals surface area contributed by atoms with E-state index in [-0.39, 0.29) is 0 Å². The molecule has 3 N–H and O–H groups in total. The lowest BCUT2D eigenvalue weighted by molar-refractivity contribution is 0.435. The first-order valence-electron chi connectivity index (χ1n) is 6.98. The Balaban J connectivity index is 2.09. The minimum absolute atomic E-state index is 0.465. The lowest BCUT2D eigenvalue weighted by Gasteiger charge is -2.23. The van der Waals surface area contributed by atoms with Crippen LogP contribution in [0.3, 0.4) is 0 Å². The van der Waals surface area contributed by atoms with Gasteiger partial charge in [-0.25, -0.2) is 10.8 Å². The van der Waals surface area contributed by atoms with Crippen molar-refractivity contribution in [3.8, 4) is 0 Å². The zero-order chi connectivity index (χ0) is 13.7. The molecule has 0 saturated carbocycles. The molecule has 6 heteroatoms. The summed E-state index contributed by atoms with van der Waals surface area (Å²) in [5, 5.41) is 0. The molecule has 0 bridgehead atoms. The molecule has 5 nitrogen and oxygen atoms in total. The molecule has 2 rings (SSSR count). The van der Waals surface area contributed by atoms with E-state index in [9.17, 15) is 0 Å². The lowest BCUT2D eigenvalue weighted by Crippen LogP contribution is -2.26. The molecule has 106 valence electrons. The molecule has 1 aromatic rings. The molecular formula is C13H22BrN5. The number of halogens is 1. The number of hydrogen-bond donors (Lipinski definition) is 2. The first kappa shape index (κ1) is 14.5. The predicted octanol–water partition coefficient (Wildman–Crippen LogP) is 2.93. The predicted molar refractivity (Wildman–Crippen MR) is 82.0 cm³/mol. The van der Waals surface area contributed by atoms with Crippen molar-refractivity contribution in [3.05, 3.63) is 10.7 Å². The fourth-order valence-corrected chi connectivity index (χ4v) is 3.17. The van der Waals surface area contributed by atoms with Gasteiger partial charge in [0.25, 0.3) is 0 Å². The Morgan fingerprint density at radius 2 is 2.32 bits per heavy atom. The van der Waals surface area contributed by atoms with Crippen LogP contribution in [0.25, 0.3) is 0 Å². The molecule has 2 heterocycles. The van der Waals surface area contributed by atoms with Crippen molar-refractivity contribution in [3.63, 3.8) is 0 Å². The van der Waals surface area contributed by atoms with Gasteiger partial charge in [0, 0.05) is 19.3 Å². The van der Waals surface area contributed by atoms with E-state index in [0.717, 1.165) is 29.3 Å². The molecule has 1 aromatic heterocycles. The van der Waals surface area contributed by atoms with Gasteiger partial charge >= 0.3 is 0 Å². The second kappa shape index (κ2) is 7.05. The maximum Gasteiger partial charge on any atom is 0.239 e. The van der Waals surface area contributed by atoms with E-state index < -0.39 is 0 Å². The molecular weight excluding hydrogens is 306 g/mol.